The largest absolute Gasteiger partial charge is 0.481 e. The summed E-state index contributed by atoms with van der Waals surface area (Å²) in [4.78, 5) is 13.4. The summed E-state index contributed by atoms with van der Waals surface area (Å²) in [5.74, 6) is 0.362. The first-order chi connectivity index (χ1) is 23.4. The Hall–Kier alpha value is -2.55. The third-order valence-electron chi connectivity index (χ3n) is 8.69. The minimum Gasteiger partial charge on any atom is -0.481 e. The molecule has 4 rings (SSSR count). The number of hydrogen-bond acceptors (Lipinski definition) is 11. The topological polar surface area (TPSA) is 159 Å². The number of rotatable bonds is 19. The second-order valence-electron chi connectivity index (χ2n) is 12.5. The van der Waals surface area contributed by atoms with E-state index in [-0.39, 0.29) is 62.4 Å². The van der Waals surface area contributed by atoms with Gasteiger partial charge in [0.15, 0.2) is 12.6 Å². The highest BCUT2D eigenvalue weighted by atomic mass is 32.2. The zero-order valence-corrected chi connectivity index (χ0v) is 30.7. The number of nitrogens with one attached hydrogen (secondary N) is 1. The number of carbonyl (C=O) groups excluding carboxylic acids is 1. The van der Waals surface area contributed by atoms with Crippen molar-refractivity contribution in [2.24, 2.45) is 11.8 Å². The fraction of sp³-hybridized carbons (Fsp3) is 0.618. The zero-order valence-electron chi connectivity index (χ0n) is 29.0. The number of sulfonamides is 1. The first-order valence-electron chi connectivity index (χ1n) is 16.9. The van der Waals surface area contributed by atoms with E-state index in [1.54, 1.807) is 62.4 Å². The molecule has 6 atom stereocenters. The number of amides is 1. The molecule has 2 fully saturated rings. The summed E-state index contributed by atoms with van der Waals surface area (Å²) in [6.45, 7) is 10.3. The summed E-state index contributed by atoms with van der Waals surface area (Å²) in [5, 5.41) is 14.5. The Morgan fingerprint density at radius 1 is 1.04 bits per heavy atom. The number of aliphatic hydroxyl groups is 1. The van der Waals surface area contributed by atoms with Crippen LogP contribution < -0.4 is 10.1 Å². The van der Waals surface area contributed by atoms with Crippen molar-refractivity contribution in [1.82, 2.24) is 9.62 Å². The molecule has 0 aromatic heterocycles. The normalized spacial score (nSPS) is 21.2. The van der Waals surface area contributed by atoms with Gasteiger partial charge in [-0.2, -0.15) is 4.31 Å². The van der Waals surface area contributed by atoms with Crippen LogP contribution in [0.3, 0.4) is 0 Å². The Morgan fingerprint density at radius 2 is 1.71 bits per heavy atom. The molecule has 0 radical (unpaired) electrons. The molecule has 0 bridgehead atoms. The number of nitrogens with zero attached hydrogens (tertiary/aromatic N) is 1. The number of hydrogen-bond donors (Lipinski definition) is 2. The number of ether oxygens (including phenoxy) is 4. The molecule has 274 valence electrons. The van der Waals surface area contributed by atoms with Crippen LogP contribution in [0.1, 0.15) is 51.7 Å². The SMILES string of the molecule is CCOP(=O)(COc1ccc(C[C@H](NC(=O)O[C@H]2CO[C@H]3OCC[C@H]32)[C@H](O)CN(C[C@@H](C)CC)S(=O)(=O)c2ccc(C)cc2)cc1)OCC. The summed E-state index contributed by atoms with van der Waals surface area (Å²) < 4.78 is 74.9. The van der Waals surface area contributed by atoms with E-state index in [1.807, 2.05) is 20.8 Å². The van der Waals surface area contributed by atoms with Gasteiger partial charge >= 0.3 is 13.7 Å². The smallest absolute Gasteiger partial charge is 0.407 e. The second kappa shape index (κ2) is 18.1. The van der Waals surface area contributed by atoms with Crippen LogP contribution in [0.15, 0.2) is 53.4 Å². The average molecular weight is 727 g/mol. The number of alkyl carbamates (subject to hydrolysis) is 1. The predicted octanol–water partition coefficient (Wildman–Crippen LogP) is 5.09. The molecule has 1 amide bonds. The van der Waals surface area contributed by atoms with Crippen molar-refractivity contribution in [3.05, 3.63) is 59.7 Å². The molecule has 2 aliphatic rings. The van der Waals surface area contributed by atoms with E-state index in [1.165, 1.54) is 4.31 Å². The van der Waals surface area contributed by atoms with Gasteiger partial charge in [-0.25, -0.2) is 13.2 Å². The van der Waals surface area contributed by atoms with E-state index in [9.17, 15) is 22.9 Å². The van der Waals surface area contributed by atoms with Crippen LogP contribution in [0.4, 0.5) is 4.79 Å². The molecule has 13 nitrogen and oxygen atoms in total. The fourth-order valence-corrected chi connectivity index (χ4v) is 8.63. The summed E-state index contributed by atoms with van der Waals surface area (Å²) in [6, 6.07) is 12.5. The van der Waals surface area contributed by atoms with Crippen molar-refractivity contribution in [3.63, 3.8) is 0 Å². The van der Waals surface area contributed by atoms with Crippen molar-refractivity contribution >= 4 is 23.7 Å². The molecular weight excluding hydrogens is 675 g/mol. The van der Waals surface area contributed by atoms with Crippen molar-refractivity contribution in [2.45, 2.75) is 83.3 Å². The Labute approximate surface area is 290 Å². The van der Waals surface area contributed by atoms with E-state index in [0.29, 0.717) is 18.8 Å². The molecule has 49 heavy (non-hydrogen) atoms. The maximum absolute atomic E-state index is 13.8. The van der Waals surface area contributed by atoms with Crippen molar-refractivity contribution < 1.29 is 50.9 Å². The van der Waals surface area contributed by atoms with E-state index in [0.717, 1.165) is 17.5 Å². The van der Waals surface area contributed by atoms with Gasteiger partial charge in [-0.3, -0.25) is 4.57 Å². The van der Waals surface area contributed by atoms with Gasteiger partial charge in [-0.15, -0.1) is 0 Å². The lowest BCUT2D eigenvalue weighted by atomic mass is 10.0. The van der Waals surface area contributed by atoms with Gasteiger partial charge < -0.3 is 38.4 Å². The fourth-order valence-electron chi connectivity index (χ4n) is 5.73. The van der Waals surface area contributed by atoms with Crippen LogP contribution in [0.2, 0.25) is 0 Å². The Kier molecular flexibility index (Phi) is 14.5. The Morgan fingerprint density at radius 3 is 2.35 bits per heavy atom. The highest BCUT2D eigenvalue weighted by Gasteiger charge is 2.44. The zero-order chi connectivity index (χ0) is 35.6. The first kappa shape index (κ1) is 39.2. The van der Waals surface area contributed by atoms with Crippen molar-refractivity contribution in [2.75, 3.05) is 45.9 Å². The van der Waals surface area contributed by atoms with E-state index in [2.05, 4.69) is 5.32 Å². The molecule has 2 N–H and O–H groups in total. The van der Waals surface area contributed by atoms with Gasteiger partial charge in [0, 0.05) is 13.1 Å². The van der Waals surface area contributed by atoms with Gasteiger partial charge in [0.1, 0.15) is 11.9 Å². The van der Waals surface area contributed by atoms with Gasteiger partial charge in [0.25, 0.3) is 0 Å². The molecule has 2 heterocycles. The summed E-state index contributed by atoms with van der Waals surface area (Å²) in [7, 11) is -7.40. The quantitative estimate of drug-likeness (QED) is 0.186. The van der Waals surface area contributed by atoms with Crippen molar-refractivity contribution in [3.8, 4) is 5.75 Å². The van der Waals surface area contributed by atoms with Crippen LogP contribution >= 0.6 is 7.60 Å². The van der Waals surface area contributed by atoms with Gasteiger partial charge in [0.2, 0.25) is 10.0 Å². The third-order valence-corrected chi connectivity index (χ3v) is 12.3. The summed E-state index contributed by atoms with van der Waals surface area (Å²) in [5.41, 5.74) is 1.64. The van der Waals surface area contributed by atoms with E-state index in [4.69, 9.17) is 28.0 Å². The Balaban J connectivity index is 1.52. The first-order valence-corrected chi connectivity index (χ1v) is 20.1. The van der Waals surface area contributed by atoms with Crippen LogP contribution in [-0.2, 0) is 44.3 Å². The van der Waals surface area contributed by atoms with Gasteiger partial charge in [-0.1, -0.05) is 50.1 Å². The maximum Gasteiger partial charge on any atom is 0.407 e. The lowest BCUT2D eigenvalue weighted by molar-refractivity contribution is -0.0907. The molecule has 0 saturated carbocycles. The van der Waals surface area contributed by atoms with E-state index >= 15 is 0 Å². The van der Waals surface area contributed by atoms with Gasteiger partial charge in [0.05, 0.1) is 49.4 Å². The lowest BCUT2D eigenvalue weighted by Crippen LogP contribution is -2.51. The molecule has 2 aliphatic heterocycles. The summed E-state index contributed by atoms with van der Waals surface area (Å²) >= 11 is 0. The molecule has 0 unspecified atom stereocenters. The van der Waals surface area contributed by atoms with Crippen molar-refractivity contribution in [1.29, 1.82) is 0 Å². The number of aliphatic hydroxyl groups excluding tert-OH is 1. The van der Waals surface area contributed by atoms with Gasteiger partial charge in [-0.05, 0) is 69.4 Å². The Bertz CT molecular complexity index is 1480. The molecule has 2 aromatic rings. The maximum atomic E-state index is 13.8. The molecule has 0 spiro atoms. The minimum absolute atomic E-state index is 0.0149. The minimum atomic E-state index is -3.97. The lowest BCUT2D eigenvalue weighted by Gasteiger charge is -2.31. The number of fused-ring (bicyclic) bond motifs is 1. The van der Waals surface area contributed by atoms with Crippen LogP contribution in [0.5, 0.6) is 5.75 Å². The average Bonchev–Trinajstić information content (AvgIpc) is 3.69. The van der Waals surface area contributed by atoms with E-state index < -0.39 is 48.3 Å². The second-order valence-corrected chi connectivity index (χ2v) is 16.4. The third kappa shape index (κ3) is 11.0. The van der Waals surface area contributed by atoms with Crippen LogP contribution in [0, 0.1) is 18.8 Å². The predicted molar refractivity (Wildman–Crippen MR) is 183 cm³/mol. The molecular formula is C34H51N2O11PS. The standard InChI is InChI=1S/C34H51N2O11PS/c1-6-24(4)20-36(49(40,41)28-15-9-25(5)10-16-28)21-31(37)30(35-34(38)47-32-22-43-33-29(32)17-18-42-33)19-26-11-13-27(14-12-26)44-23-48(39,45-7-2)46-8-3/h9-16,24,29-33,37H,6-8,17-23H2,1-5H3,(H,35,38)/t24-,29-,30-,31+,32-,33+/m0/s1. The number of carbonyl (C=O) groups is 1. The van der Waals surface area contributed by atoms with Crippen LogP contribution in [-0.4, -0.2) is 94.3 Å². The highest BCUT2D eigenvalue weighted by Crippen LogP contribution is 2.47. The number of benzene rings is 2. The van der Waals surface area contributed by atoms with Crippen LogP contribution in [0.25, 0.3) is 0 Å². The molecule has 2 saturated heterocycles. The molecule has 15 heteroatoms. The highest BCUT2D eigenvalue weighted by molar-refractivity contribution is 7.89. The summed E-state index contributed by atoms with van der Waals surface area (Å²) in [6.07, 6.45) is -1.64. The molecule has 2 aromatic carbocycles. The number of aryl methyl sites for hydroxylation is 1. The molecule has 0 aliphatic carbocycles. The monoisotopic (exact) mass is 726 g/mol.